The fourth-order valence-corrected chi connectivity index (χ4v) is 3.94. The van der Waals surface area contributed by atoms with Crippen LogP contribution in [0.3, 0.4) is 0 Å². The summed E-state index contributed by atoms with van der Waals surface area (Å²) >= 11 is 1.45. The highest BCUT2D eigenvalue weighted by Crippen LogP contribution is 2.30. The van der Waals surface area contributed by atoms with Gasteiger partial charge in [-0.05, 0) is 42.3 Å². The summed E-state index contributed by atoms with van der Waals surface area (Å²) in [6.45, 7) is 2.03. The number of fused-ring (bicyclic) bond motifs is 1. The van der Waals surface area contributed by atoms with Crippen molar-refractivity contribution >= 4 is 32.6 Å². The maximum Gasteiger partial charge on any atom is 0.258 e. The average Bonchev–Trinajstić information content (AvgIpc) is 3.09. The quantitative estimate of drug-likeness (QED) is 0.526. The number of aryl methyl sites for hydroxylation is 1. The van der Waals surface area contributed by atoms with Crippen molar-refractivity contribution in [2.24, 2.45) is 0 Å². The lowest BCUT2D eigenvalue weighted by Gasteiger charge is -2.10. The van der Waals surface area contributed by atoms with Gasteiger partial charge in [0, 0.05) is 11.1 Å². The van der Waals surface area contributed by atoms with Gasteiger partial charge in [0.05, 0.1) is 21.8 Å². The van der Waals surface area contributed by atoms with Crippen LogP contribution in [-0.2, 0) is 0 Å². The van der Waals surface area contributed by atoms with Crippen LogP contribution in [0.25, 0.3) is 21.3 Å². The van der Waals surface area contributed by atoms with E-state index < -0.39 is 0 Å². The zero-order valence-corrected chi connectivity index (χ0v) is 15.4. The van der Waals surface area contributed by atoms with Crippen LogP contribution in [0.5, 0.6) is 0 Å². The molecule has 0 bridgehead atoms. The van der Waals surface area contributed by atoms with Crippen LogP contribution in [0.4, 0.5) is 5.13 Å². The molecule has 0 spiro atoms. The largest absolute Gasteiger partial charge is 0.298 e. The van der Waals surface area contributed by atoms with Gasteiger partial charge in [-0.2, -0.15) is 5.26 Å². The summed E-state index contributed by atoms with van der Waals surface area (Å²) in [6.07, 6.45) is 0. The second kappa shape index (κ2) is 7.02. The van der Waals surface area contributed by atoms with Crippen LogP contribution in [0.2, 0.25) is 0 Å². The molecule has 5 heteroatoms. The molecule has 1 amide bonds. The SMILES string of the molecule is Cc1ccc2nc(NC(=O)c3ccccc3-c3ccccc3C#N)sc2c1. The van der Waals surface area contributed by atoms with E-state index in [0.29, 0.717) is 16.3 Å². The van der Waals surface area contributed by atoms with E-state index in [1.165, 1.54) is 11.3 Å². The Balaban J connectivity index is 1.71. The van der Waals surface area contributed by atoms with E-state index in [1.807, 2.05) is 55.5 Å². The molecule has 0 aliphatic carbocycles. The Morgan fingerprint density at radius 1 is 1.04 bits per heavy atom. The molecule has 0 saturated heterocycles. The maximum absolute atomic E-state index is 12.9. The third-order valence-corrected chi connectivity index (χ3v) is 5.21. The highest BCUT2D eigenvalue weighted by Gasteiger charge is 2.16. The molecular formula is C22H15N3OS. The molecule has 0 aliphatic rings. The zero-order chi connectivity index (χ0) is 18.8. The highest BCUT2D eigenvalue weighted by molar-refractivity contribution is 7.22. The van der Waals surface area contributed by atoms with Crippen LogP contribution >= 0.6 is 11.3 Å². The summed E-state index contributed by atoms with van der Waals surface area (Å²) in [4.78, 5) is 17.4. The number of aromatic nitrogens is 1. The second-order valence-corrected chi connectivity index (χ2v) is 7.18. The van der Waals surface area contributed by atoms with Crippen LogP contribution in [0.1, 0.15) is 21.5 Å². The minimum atomic E-state index is -0.242. The van der Waals surface area contributed by atoms with E-state index in [0.717, 1.165) is 26.9 Å². The van der Waals surface area contributed by atoms with Gasteiger partial charge >= 0.3 is 0 Å². The topological polar surface area (TPSA) is 65.8 Å². The van der Waals surface area contributed by atoms with Crippen molar-refractivity contribution in [1.29, 1.82) is 5.26 Å². The molecule has 0 unspecified atom stereocenters. The first-order valence-electron chi connectivity index (χ1n) is 8.43. The number of nitriles is 1. The Morgan fingerprint density at radius 2 is 1.78 bits per heavy atom. The van der Waals surface area contributed by atoms with E-state index in [1.54, 1.807) is 12.1 Å². The number of amides is 1. The monoisotopic (exact) mass is 369 g/mol. The van der Waals surface area contributed by atoms with E-state index in [9.17, 15) is 10.1 Å². The first kappa shape index (κ1) is 17.0. The summed E-state index contributed by atoms with van der Waals surface area (Å²) < 4.78 is 1.04. The van der Waals surface area contributed by atoms with Crippen molar-refractivity contribution < 1.29 is 4.79 Å². The fourth-order valence-electron chi connectivity index (χ4n) is 2.98. The number of rotatable bonds is 3. The fraction of sp³-hybridized carbons (Fsp3) is 0.0455. The van der Waals surface area contributed by atoms with Crippen molar-refractivity contribution in [2.75, 3.05) is 5.32 Å². The average molecular weight is 369 g/mol. The second-order valence-electron chi connectivity index (χ2n) is 6.15. The third-order valence-electron chi connectivity index (χ3n) is 4.27. The Hall–Kier alpha value is -3.49. The van der Waals surface area contributed by atoms with Gasteiger partial charge in [-0.15, -0.1) is 0 Å². The van der Waals surface area contributed by atoms with Gasteiger partial charge in [-0.25, -0.2) is 4.98 Å². The number of carbonyl (C=O) groups is 1. The van der Waals surface area contributed by atoms with Crippen molar-refractivity contribution in [3.05, 3.63) is 83.4 Å². The molecule has 1 heterocycles. The standard InChI is InChI=1S/C22H15N3OS/c1-14-10-11-19-20(12-14)27-22(24-19)25-21(26)18-9-5-4-8-17(18)16-7-3-2-6-15(16)13-23/h2-12H,1H3,(H,24,25,26). The van der Waals surface area contributed by atoms with Crippen molar-refractivity contribution in [3.63, 3.8) is 0 Å². The van der Waals surface area contributed by atoms with Gasteiger partial charge in [-0.1, -0.05) is 53.8 Å². The predicted octanol–water partition coefficient (Wildman–Crippen LogP) is 5.40. The Kier molecular flexibility index (Phi) is 4.41. The van der Waals surface area contributed by atoms with Gasteiger partial charge in [0.1, 0.15) is 0 Å². The molecule has 1 aromatic heterocycles. The molecule has 27 heavy (non-hydrogen) atoms. The Labute approximate surface area is 160 Å². The number of hydrogen-bond acceptors (Lipinski definition) is 4. The van der Waals surface area contributed by atoms with Crippen LogP contribution < -0.4 is 5.32 Å². The van der Waals surface area contributed by atoms with Gasteiger partial charge in [0.15, 0.2) is 5.13 Å². The molecule has 1 N–H and O–H groups in total. The van der Waals surface area contributed by atoms with Crippen LogP contribution in [0, 0.1) is 18.3 Å². The smallest absolute Gasteiger partial charge is 0.258 e. The predicted molar refractivity (Wildman–Crippen MR) is 109 cm³/mol. The van der Waals surface area contributed by atoms with E-state index in [4.69, 9.17) is 0 Å². The van der Waals surface area contributed by atoms with Crippen molar-refractivity contribution in [1.82, 2.24) is 4.98 Å². The third kappa shape index (κ3) is 3.31. The zero-order valence-electron chi connectivity index (χ0n) is 14.6. The molecule has 4 aromatic rings. The van der Waals surface area contributed by atoms with Crippen molar-refractivity contribution in [3.8, 4) is 17.2 Å². The number of nitrogens with one attached hydrogen (secondary N) is 1. The molecule has 4 nitrogen and oxygen atoms in total. The van der Waals surface area contributed by atoms with Crippen molar-refractivity contribution in [2.45, 2.75) is 6.92 Å². The molecule has 0 radical (unpaired) electrons. The summed E-state index contributed by atoms with van der Waals surface area (Å²) in [6, 6.07) is 22.8. The lowest BCUT2D eigenvalue weighted by molar-refractivity contribution is 0.102. The number of anilines is 1. The van der Waals surface area contributed by atoms with Gasteiger partial charge in [0.2, 0.25) is 0 Å². The molecule has 0 saturated carbocycles. The highest BCUT2D eigenvalue weighted by atomic mass is 32.1. The number of thiazole rings is 1. The molecular weight excluding hydrogens is 354 g/mol. The summed E-state index contributed by atoms with van der Waals surface area (Å²) in [7, 11) is 0. The van der Waals surface area contributed by atoms with Crippen LogP contribution in [0.15, 0.2) is 66.7 Å². The van der Waals surface area contributed by atoms with Gasteiger partial charge < -0.3 is 0 Å². The molecule has 0 atom stereocenters. The number of benzene rings is 3. The van der Waals surface area contributed by atoms with E-state index in [-0.39, 0.29) is 5.91 Å². The van der Waals surface area contributed by atoms with E-state index in [2.05, 4.69) is 22.4 Å². The molecule has 3 aromatic carbocycles. The first-order chi connectivity index (χ1) is 13.2. The molecule has 0 aliphatic heterocycles. The minimum absolute atomic E-state index is 0.242. The lowest BCUT2D eigenvalue weighted by Crippen LogP contribution is -2.13. The summed E-state index contributed by atoms with van der Waals surface area (Å²) in [5.74, 6) is -0.242. The molecule has 0 fully saturated rings. The lowest BCUT2D eigenvalue weighted by atomic mass is 9.95. The summed E-state index contributed by atoms with van der Waals surface area (Å²) in [5.41, 5.74) is 4.53. The minimum Gasteiger partial charge on any atom is -0.298 e. The maximum atomic E-state index is 12.9. The number of hydrogen-bond donors (Lipinski definition) is 1. The van der Waals surface area contributed by atoms with E-state index >= 15 is 0 Å². The van der Waals surface area contributed by atoms with Gasteiger partial charge in [0.25, 0.3) is 5.91 Å². The Morgan fingerprint density at radius 3 is 2.59 bits per heavy atom. The first-order valence-corrected chi connectivity index (χ1v) is 9.24. The molecule has 4 rings (SSSR count). The van der Waals surface area contributed by atoms with Gasteiger partial charge in [-0.3, -0.25) is 10.1 Å². The number of nitrogens with zero attached hydrogens (tertiary/aromatic N) is 2. The molecule has 130 valence electrons. The van der Waals surface area contributed by atoms with Crippen LogP contribution in [-0.4, -0.2) is 10.9 Å². The summed E-state index contributed by atoms with van der Waals surface area (Å²) in [5, 5.41) is 12.8. The Bertz CT molecular complexity index is 1200. The normalized spacial score (nSPS) is 10.5. The number of carbonyl (C=O) groups excluding carboxylic acids is 1.